The van der Waals surface area contributed by atoms with Crippen LogP contribution >= 0.6 is 0 Å². The molecule has 0 aliphatic heterocycles. The summed E-state index contributed by atoms with van der Waals surface area (Å²) in [5.74, 6) is -0.646. The second kappa shape index (κ2) is 18.7. The van der Waals surface area contributed by atoms with E-state index in [1.54, 1.807) is 6.92 Å². The van der Waals surface area contributed by atoms with Crippen LogP contribution in [0.25, 0.3) is 11.4 Å². The SMILES string of the molecule is CC(C)[C@H](NC(=O)[C@H](C)NC[C@H](Cc1ccccc1)NC(=O)c1cc(C(=O)N[C@H](C)c2ccccc2)cc(N(C)S(C)(=O)=O)c1)c1nc(-c2ccccc2)no1. The Morgan fingerprint density at radius 2 is 1.34 bits per heavy atom. The fourth-order valence-electron chi connectivity index (χ4n) is 5.96. The van der Waals surface area contributed by atoms with Gasteiger partial charge in [0, 0.05) is 36.3 Å². The van der Waals surface area contributed by atoms with Crippen LogP contribution in [-0.4, -0.2) is 68.2 Å². The van der Waals surface area contributed by atoms with Gasteiger partial charge in [0.15, 0.2) is 0 Å². The third kappa shape index (κ3) is 11.1. The standard InChI is InChI=1S/C42H49N7O6S/c1-27(2)37(42-47-38(48-55-42)32-20-14-9-15-21-32)46-39(50)29(4)43-26-35(22-30-16-10-7-11-17-30)45-41(52)34-23-33(24-36(25-34)49(5)56(6,53)54)40(51)44-28(3)31-18-12-8-13-19-31/h7-21,23-25,27-29,35,37,43H,22,26H2,1-6H3,(H,44,51)(H,45,52)(H,46,50)/t28-,29+,35+,37+/m1/s1. The third-order valence-corrected chi connectivity index (χ3v) is 10.6. The Morgan fingerprint density at radius 1 is 0.768 bits per heavy atom. The predicted octanol–water partition coefficient (Wildman–Crippen LogP) is 5.46. The number of benzene rings is 4. The van der Waals surface area contributed by atoms with E-state index in [9.17, 15) is 22.8 Å². The summed E-state index contributed by atoms with van der Waals surface area (Å²) in [5.41, 5.74) is 2.98. The number of carbonyl (C=O) groups excluding carboxylic acids is 3. The Labute approximate surface area is 328 Å². The van der Waals surface area contributed by atoms with Crippen LogP contribution in [0.15, 0.2) is 114 Å². The normalized spacial score (nSPS) is 13.6. The molecule has 5 aromatic rings. The lowest BCUT2D eigenvalue weighted by atomic mass is 10.0. The molecule has 0 saturated heterocycles. The largest absolute Gasteiger partial charge is 0.348 e. The Balaban J connectivity index is 1.33. The first-order valence-electron chi connectivity index (χ1n) is 18.4. The molecule has 13 nitrogen and oxygen atoms in total. The van der Waals surface area contributed by atoms with Crippen LogP contribution in [0.5, 0.6) is 0 Å². The first-order chi connectivity index (χ1) is 26.7. The van der Waals surface area contributed by atoms with Gasteiger partial charge < -0.3 is 25.8 Å². The molecule has 1 aromatic heterocycles. The Hall–Kier alpha value is -5.86. The molecule has 14 heteroatoms. The number of rotatable bonds is 17. The molecule has 1 heterocycles. The Morgan fingerprint density at radius 3 is 1.93 bits per heavy atom. The van der Waals surface area contributed by atoms with Gasteiger partial charge in [-0.05, 0) is 55.5 Å². The molecule has 4 atom stereocenters. The maximum Gasteiger partial charge on any atom is 0.251 e. The summed E-state index contributed by atoms with van der Waals surface area (Å²) < 4.78 is 31.7. The van der Waals surface area contributed by atoms with Crippen molar-refractivity contribution in [3.63, 3.8) is 0 Å². The lowest BCUT2D eigenvalue weighted by Crippen LogP contribution is -2.50. The molecule has 5 rings (SSSR count). The van der Waals surface area contributed by atoms with Gasteiger partial charge >= 0.3 is 0 Å². The average molecular weight is 780 g/mol. The molecular formula is C42H49N7O6S. The van der Waals surface area contributed by atoms with Crippen molar-refractivity contribution in [3.05, 3.63) is 137 Å². The van der Waals surface area contributed by atoms with E-state index in [-0.39, 0.29) is 41.2 Å². The van der Waals surface area contributed by atoms with Crippen LogP contribution in [0.1, 0.15) is 77.5 Å². The second-order valence-corrected chi connectivity index (χ2v) is 16.2. The summed E-state index contributed by atoms with van der Waals surface area (Å²) in [7, 11) is -2.37. The minimum Gasteiger partial charge on any atom is -0.348 e. The minimum atomic E-state index is -3.73. The van der Waals surface area contributed by atoms with E-state index in [4.69, 9.17) is 4.52 Å². The number of hydrogen-bond donors (Lipinski definition) is 4. The molecule has 0 fully saturated rings. The van der Waals surface area contributed by atoms with E-state index in [1.165, 1.54) is 25.2 Å². The lowest BCUT2D eigenvalue weighted by Gasteiger charge is -2.25. The molecule has 294 valence electrons. The van der Waals surface area contributed by atoms with Crippen molar-refractivity contribution >= 4 is 33.4 Å². The predicted molar refractivity (Wildman–Crippen MR) is 216 cm³/mol. The lowest BCUT2D eigenvalue weighted by molar-refractivity contribution is -0.124. The van der Waals surface area contributed by atoms with Crippen molar-refractivity contribution in [2.24, 2.45) is 5.92 Å². The van der Waals surface area contributed by atoms with Gasteiger partial charge in [-0.25, -0.2) is 8.42 Å². The molecule has 4 aromatic carbocycles. The van der Waals surface area contributed by atoms with Crippen LogP contribution in [0.4, 0.5) is 5.69 Å². The number of carbonyl (C=O) groups is 3. The van der Waals surface area contributed by atoms with E-state index in [2.05, 4.69) is 31.4 Å². The Kier molecular flexibility index (Phi) is 13.8. The summed E-state index contributed by atoms with van der Waals surface area (Å²) >= 11 is 0. The molecule has 0 saturated carbocycles. The van der Waals surface area contributed by atoms with Crippen LogP contribution in [0.2, 0.25) is 0 Å². The highest BCUT2D eigenvalue weighted by Gasteiger charge is 2.28. The van der Waals surface area contributed by atoms with Crippen LogP contribution in [0, 0.1) is 5.92 Å². The number of nitrogens with zero attached hydrogens (tertiary/aromatic N) is 3. The molecule has 0 spiro atoms. The molecule has 0 aliphatic carbocycles. The quantitative estimate of drug-likeness (QED) is 0.0956. The van der Waals surface area contributed by atoms with Gasteiger partial charge in [-0.1, -0.05) is 110 Å². The van der Waals surface area contributed by atoms with Crippen LogP contribution < -0.4 is 25.6 Å². The van der Waals surface area contributed by atoms with Crippen molar-refractivity contribution in [1.82, 2.24) is 31.4 Å². The number of hydrogen-bond acceptors (Lipinski definition) is 9. The molecular weight excluding hydrogens is 731 g/mol. The third-order valence-electron chi connectivity index (χ3n) is 9.38. The van der Waals surface area contributed by atoms with E-state index < -0.39 is 40.0 Å². The summed E-state index contributed by atoms with van der Waals surface area (Å²) in [4.78, 5) is 45.6. The average Bonchev–Trinajstić information content (AvgIpc) is 3.69. The highest BCUT2D eigenvalue weighted by atomic mass is 32.2. The highest BCUT2D eigenvalue weighted by molar-refractivity contribution is 7.92. The smallest absolute Gasteiger partial charge is 0.251 e. The van der Waals surface area contributed by atoms with Crippen molar-refractivity contribution in [2.45, 2.75) is 58.3 Å². The number of nitrogens with one attached hydrogen (secondary N) is 4. The van der Waals surface area contributed by atoms with Crippen LogP contribution in [-0.2, 0) is 21.2 Å². The van der Waals surface area contributed by atoms with Gasteiger partial charge in [0.25, 0.3) is 11.8 Å². The number of sulfonamides is 1. The maximum atomic E-state index is 14.0. The van der Waals surface area contributed by atoms with Crippen LogP contribution in [0.3, 0.4) is 0 Å². The van der Waals surface area contributed by atoms with Gasteiger partial charge in [0.1, 0.15) is 6.04 Å². The second-order valence-electron chi connectivity index (χ2n) is 14.1. The topological polar surface area (TPSA) is 176 Å². The zero-order valence-electron chi connectivity index (χ0n) is 32.4. The van der Waals surface area contributed by atoms with E-state index in [0.29, 0.717) is 18.1 Å². The summed E-state index contributed by atoms with van der Waals surface area (Å²) in [6, 6.07) is 30.6. The van der Waals surface area contributed by atoms with Crippen molar-refractivity contribution in [3.8, 4) is 11.4 Å². The molecule has 56 heavy (non-hydrogen) atoms. The van der Waals surface area contributed by atoms with E-state index in [1.807, 2.05) is 112 Å². The first kappa shape index (κ1) is 41.3. The zero-order chi connectivity index (χ0) is 40.4. The molecule has 0 radical (unpaired) electrons. The number of anilines is 1. The first-order valence-corrected chi connectivity index (χ1v) is 20.3. The van der Waals surface area contributed by atoms with Gasteiger partial charge in [-0.3, -0.25) is 18.7 Å². The van der Waals surface area contributed by atoms with Crippen molar-refractivity contribution < 1.29 is 27.3 Å². The van der Waals surface area contributed by atoms with Gasteiger partial charge in [0.05, 0.1) is 24.0 Å². The molecule has 0 bridgehead atoms. The fourth-order valence-corrected chi connectivity index (χ4v) is 6.45. The van der Waals surface area contributed by atoms with Gasteiger partial charge in [-0.15, -0.1) is 0 Å². The van der Waals surface area contributed by atoms with Gasteiger partial charge in [-0.2, -0.15) is 4.98 Å². The van der Waals surface area contributed by atoms with E-state index in [0.717, 1.165) is 27.3 Å². The number of aromatic nitrogens is 2. The zero-order valence-corrected chi connectivity index (χ0v) is 33.2. The summed E-state index contributed by atoms with van der Waals surface area (Å²) in [5, 5.41) is 16.4. The Bertz CT molecular complexity index is 2200. The van der Waals surface area contributed by atoms with Gasteiger partial charge in [0.2, 0.25) is 27.6 Å². The van der Waals surface area contributed by atoms with Crippen molar-refractivity contribution in [2.75, 3.05) is 24.2 Å². The summed E-state index contributed by atoms with van der Waals surface area (Å²) in [6.07, 6.45) is 1.46. The monoisotopic (exact) mass is 779 g/mol. The molecule has 0 aliphatic rings. The number of amides is 3. The summed E-state index contributed by atoms with van der Waals surface area (Å²) in [6.45, 7) is 7.66. The van der Waals surface area contributed by atoms with Crippen molar-refractivity contribution in [1.29, 1.82) is 0 Å². The molecule has 4 N–H and O–H groups in total. The highest BCUT2D eigenvalue weighted by Crippen LogP contribution is 2.25. The maximum absolute atomic E-state index is 14.0. The molecule has 0 unspecified atom stereocenters. The minimum absolute atomic E-state index is 0.0635. The molecule has 3 amide bonds. The fraction of sp³-hybridized carbons (Fsp3) is 0.310. The van der Waals surface area contributed by atoms with E-state index >= 15 is 0 Å².